The zero-order valence-electron chi connectivity index (χ0n) is 17.9. The molecule has 5 nitrogen and oxygen atoms in total. The van der Waals surface area contributed by atoms with Crippen molar-refractivity contribution in [3.05, 3.63) is 107 Å². The van der Waals surface area contributed by atoms with Gasteiger partial charge < -0.3 is 10.2 Å². The van der Waals surface area contributed by atoms with E-state index in [0.29, 0.717) is 34.5 Å². The van der Waals surface area contributed by atoms with Gasteiger partial charge in [0.2, 0.25) is 0 Å². The monoisotopic (exact) mass is 476 g/mol. The number of carbonyl (C=O) groups is 1. The molecule has 0 amide bonds. The van der Waals surface area contributed by atoms with E-state index in [1.54, 1.807) is 24.3 Å². The fourth-order valence-corrected chi connectivity index (χ4v) is 3.89. The van der Waals surface area contributed by atoms with Crippen LogP contribution in [0.4, 0.5) is 20.3 Å². The molecular weight excluding hydrogens is 458 g/mol. The summed E-state index contributed by atoms with van der Waals surface area (Å²) in [6.07, 6.45) is 3.65. The Bertz CT molecular complexity index is 1360. The summed E-state index contributed by atoms with van der Waals surface area (Å²) in [7, 11) is 0. The lowest BCUT2D eigenvalue weighted by molar-refractivity contribution is 0.0951. The third-order valence-electron chi connectivity index (χ3n) is 5.49. The minimum atomic E-state index is -0.384. The molecule has 170 valence electrons. The molecule has 3 aromatic carbocycles. The SMILES string of the molecule is O=C(CN1C=Cn2c(nc(-c3ccc(F)cc3)c2Nc2ccc(Cl)cc2)C1)c1ccc(F)cc1. The fourth-order valence-electron chi connectivity index (χ4n) is 3.76. The van der Waals surface area contributed by atoms with Crippen LogP contribution in [0.2, 0.25) is 5.02 Å². The van der Waals surface area contributed by atoms with Crippen LogP contribution in [-0.4, -0.2) is 26.8 Å². The van der Waals surface area contributed by atoms with Gasteiger partial charge in [-0.05, 0) is 72.8 Å². The molecule has 0 aliphatic carbocycles. The molecule has 0 bridgehead atoms. The van der Waals surface area contributed by atoms with E-state index in [-0.39, 0.29) is 24.0 Å². The van der Waals surface area contributed by atoms with Crippen molar-refractivity contribution < 1.29 is 13.6 Å². The van der Waals surface area contributed by atoms with E-state index in [9.17, 15) is 13.6 Å². The van der Waals surface area contributed by atoms with E-state index in [1.807, 2.05) is 34.0 Å². The predicted octanol–water partition coefficient (Wildman–Crippen LogP) is 6.35. The Labute approximate surface area is 199 Å². The maximum absolute atomic E-state index is 13.5. The smallest absolute Gasteiger partial charge is 0.182 e. The molecule has 1 aromatic heterocycles. The van der Waals surface area contributed by atoms with Crippen LogP contribution in [0.15, 0.2) is 79.0 Å². The first-order valence-electron chi connectivity index (χ1n) is 10.6. The predicted molar refractivity (Wildman–Crippen MR) is 129 cm³/mol. The number of halogens is 3. The maximum Gasteiger partial charge on any atom is 0.182 e. The first-order chi connectivity index (χ1) is 16.5. The van der Waals surface area contributed by atoms with E-state index in [1.165, 1.54) is 36.4 Å². The summed E-state index contributed by atoms with van der Waals surface area (Å²) < 4.78 is 28.6. The van der Waals surface area contributed by atoms with Gasteiger partial charge in [0.25, 0.3) is 0 Å². The summed E-state index contributed by atoms with van der Waals surface area (Å²) in [5.41, 5.74) is 2.67. The average molecular weight is 477 g/mol. The summed E-state index contributed by atoms with van der Waals surface area (Å²) in [4.78, 5) is 19.3. The lowest BCUT2D eigenvalue weighted by Crippen LogP contribution is -2.28. The standard InChI is InChI=1S/C26H19ClF2N4O/c27-19-5-11-22(12-6-19)30-26-25(18-3-9-21(29)10-4-18)31-24-16-32(13-14-33(24)26)15-23(34)17-1-7-20(28)8-2-17/h1-14,30H,15-16H2. The maximum atomic E-state index is 13.5. The van der Waals surface area contributed by atoms with E-state index in [4.69, 9.17) is 16.6 Å². The minimum absolute atomic E-state index is 0.122. The molecule has 1 aliphatic heterocycles. The number of ketones is 1. The Kier molecular flexibility index (Phi) is 5.86. The lowest BCUT2D eigenvalue weighted by Gasteiger charge is -2.24. The molecule has 0 radical (unpaired) electrons. The van der Waals surface area contributed by atoms with Crippen LogP contribution in [0.5, 0.6) is 0 Å². The molecular formula is C26H19ClF2N4O. The molecule has 5 rings (SSSR count). The normalized spacial score (nSPS) is 12.5. The van der Waals surface area contributed by atoms with Crippen LogP contribution >= 0.6 is 11.6 Å². The lowest BCUT2D eigenvalue weighted by atomic mass is 10.1. The molecule has 1 N–H and O–H groups in total. The average Bonchev–Trinajstić information content (AvgIpc) is 3.19. The van der Waals surface area contributed by atoms with E-state index in [0.717, 1.165) is 11.3 Å². The number of nitrogens with one attached hydrogen (secondary N) is 1. The number of rotatable bonds is 6. The van der Waals surface area contributed by atoms with Crippen molar-refractivity contribution in [2.24, 2.45) is 0 Å². The topological polar surface area (TPSA) is 50.2 Å². The fraction of sp³-hybridized carbons (Fsp3) is 0.0769. The van der Waals surface area contributed by atoms with Gasteiger partial charge in [-0.3, -0.25) is 9.36 Å². The van der Waals surface area contributed by atoms with E-state index >= 15 is 0 Å². The van der Waals surface area contributed by atoms with Crippen molar-refractivity contribution in [3.8, 4) is 11.3 Å². The van der Waals surface area contributed by atoms with Gasteiger partial charge in [0, 0.05) is 34.2 Å². The Hall–Kier alpha value is -3.97. The Morgan fingerprint density at radius 2 is 1.56 bits per heavy atom. The largest absolute Gasteiger partial charge is 0.361 e. The molecule has 0 unspecified atom stereocenters. The summed E-state index contributed by atoms with van der Waals surface area (Å²) in [6.45, 7) is 0.515. The van der Waals surface area contributed by atoms with Crippen molar-refractivity contribution in [3.63, 3.8) is 0 Å². The molecule has 8 heteroatoms. The van der Waals surface area contributed by atoms with Crippen molar-refractivity contribution in [2.75, 3.05) is 11.9 Å². The number of aromatic nitrogens is 2. The molecule has 4 aromatic rings. The van der Waals surface area contributed by atoms with Crippen molar-refractivity contribution >= 4 is 35.1 Å². The third-order valence-corrected chi connectivity index (χ3v) is 5.74. The second-order valence-electron chi connectivity index (χ2n) is 7.87. The number of fused-ring (bicyclic) bond motifs is 1. The zero-order valence-corrected chi connectivity index (χ0v) is 18.6. The van der Waals surface area contributed by atoms with Gasteiger partial charge in [-0.25, -0.2) is 13.8 Å². The molecule has 1 aliphatic rings. The number of hydrogen-bond donors (Lipinski definition) is 1. The van der Waals surface area contributed by atoms with E-state index < -0.39 is 0 Å². The molecule has 0 saturated heterocycles. The number of hydrogen-bond acceptors (Lipinski definition) is 4. The third kappa shape index (κ3) is 4.56. The van der Waals surface area contributed by atoms with Gasteiger partial charge in [0.15, 0.2) is 5.78 Å². The highest BCUT2D eigenvalue weighted by atomic mass is 35.5. The number of nitrogens with zero attached hydrogens (tertiary/aromatic N) is 3. The van der Waals surface area contributed by atoms with Gasteiger partial charge in [-0.15, -0.1) is 0 Å². The van der Waals surface area contributed by atoms with Crippen LogP contribution in [0, 0.1) is 11.6 Å². The van der Waals surface area contributed by atoms with Gasteiger partial charge in [0.05, 0.1) is 13.1 Å². The van der Waals surface area contributed by atoms with Gasteiger partial charge in [-0.2, -0.15) is 0 Å². The van der Waals surface area contributed by atoms with Crippen LogP contribution in [0.3, 0.4) is 0 Å². The first kappa shape index (κ1) is 21.9. The van der Waals surface area contributed by atoms with Crippen LogP contribution in [0.1, 0.15) is 16.2 Å². The Balaban J connectivity index is 1.45. The van der Waals surface area contributed by atoms with Crippen LogP contribution in [0.25, 0.3) is 17.5 Å². The summed E-state index contributed by atoms with van der Waals surface area (Å²) >= 11 is 6.02. The Morgan fingerprint density at radius 3 is 2.24 bits per heavy atom. The number of imidazole rings is 1. The highest BCUT2D eigenvalue weighted by molar-refractivity contribution is 6.30. The molecule has 0 spiro atoms. The highest BCUT2D eigenvalue weighted by Crippen LogP contribution is 2.34. The zero-order chi connectivity index (χ0) is 23.7. The highest BCUT2D eigenvalue weighted by Gasteiger charge is 2.23. The van der Waals surface area contributed by atoms with E-state index in [2.05, 4.69) is 5.32 Å². The summed E-state index contributed by atoms with van der Waals surface area (Å²) in [6, 6.07) is 18.9. The molecule has 2 heterocycles. The molecule has 0 saturated carbocycles. The molecule has 0 fully saturated rings. The van der Waals surface area contributed by atoms with Gasteiger partial charge >= 0.3 is 0 Å². The number of carbonyl (C=O) groups excluding carboxylic acids is 1. The second-order valence-corrected chi connectivity index (χ2v) is 8.30. The molecule has 0 atom stereocenters. The van der Waals surface area contributed by atoms with Crippen LogP contribution < -0.4 is 5.32 Å². The second kappa shape index (κ2) is 9.11. The van der Waals surface area contributed by atoms with Crippen molar-refractivity contribution in [2.45, 2.75) is 6.54 Å². The van der Waals surface area contributed by atoms with Gasteiger partial charge in [-0.1, -0.05) is 11.6 Å². The molecule has 34 heavy (non-hydrogen) atoms. The summed E-state index contributed by atoms with van der Waals surface area (Å²) in [5.74, 6) is 0.591. The number of Topliss-reactive ketones (excluding diaryl/α,β-unsaturated/α-hetero) is 1. The van der Waals surface area contributed by atoms with Gasteiger partial charge in [0.1, 0.15) is 29.0 Å². The number of anilines is 2. The first-order valence-corrected chi connectivity index (χ1v) is 10.9. The Morgan fingerprint density at radius 1 is 0.912 bits per heavy atom. The van der Waals surface area contributed by atoms with Crippen molar-refractivity contribution in [1.29, 1.82) is 0 Å². The summed E-state index contributed by atoms with van der Waals surface area (Å²) in [5, 5.41) is 4.01. The van der Waals surface area contributed by atoms with Crippen LogP contribution in [-0.2, 0) is 6.54 Å². The van der Waals surface area contributed by atoms with Crippen molar-refractivity contribution in [1.82, 2.24) is 14.5 Å². The quantitative estimate of drug-likeness (QED) is 0.329. The number of benzene rings is 3. The minimum Gasteiger partial charge on any atom is -0.361 e.